The molecule has 98 heavy (non-hydrogen) atoms. The van der Waals surface area contributed by atoms with Crippen molar-refractivity contribution in [3.63, 3.8) is 0 Å². The fourth-order valence-electron chi connectivity index (χ4n) is 16.1. The monoisotopic (exact) mass is 1250 g/mol. The SMILES string of the molecule is c1ccc(-c2cccc(-c3ccccc3)c2N2c3cc4c(cc3B3c5ccccc5N(c5ccccc5)c5cc(N(c6ccccc6)c6ccccc6)cc2c53)B2c3ccccc3N(c3ccccc3)c3cc(N(c5ccccc5)c5ccccc5)cc(c32)N4c2ccccc2)cc1. The summed E-state index contributed by atoms with van der Waals surface area (Å²) in [5.74, 6) is 0. The van der Waals surface area contributed by atoms with Gasteiger partial charge in [-0.15, -0.1) is 0 Å². The molecular weight excluding hydrogens is 1190 g/mol. The summed E-state index contributed by atoms with van der Waals surface area (Å²) in [6.07, 6.45) is 0. The number of rotatable bonds is 12. The van der Waals surface area contributed by atoms with Crippen LogP contribution in [0.4, 0.5) is 102 Å². The second-order valence-electron chi connectivity index (χ2n) is 25.5. The molecule has 15 aromatic carbocycles. The van der Waals surface area contributed by atoms with Gasteiger partial charge < -0.3 is 29.4 Å². The molecule has 0 saturated heterocycles. The van der Waals surface area contributed by atoms with Crippen LogP contribution in [-0.4, -0.2) is 13.4 Å². The molecule has 4 heterocycles. The molecule has 458 valence electrons. The molecule has 0 aromatic heterocycles. The van der Waals surface area contributed by atoms with Gasteiger partial charge in [0.05, 0.1) is 17.1 Å². The number of anilines is 18. The fraction of sp³-hybridized carbons (Fsp3) is 0. The van der Waals surface area contributed by atoms with Gasteiger partial charge in [0.25, 0.3) is 13.4 Å². The molecule has 8 heteroatoms. The molecule has 0 aliphatic carbocycles. The first-order valence-corrected chi connectivity index (χ1v) is 33.8. The van der Waals surface area contributed by atoms with Crippen molar-refractivity contribution in [1.82, 2.24) is 0 Å². The quantitative estimate of drug-likeness (QED) is 0.113. The van der Waals surface area contributed by atoms with Crippen LogP contribution in [0.25, 0.3) is 22.3 Å². The van der Waals surface area contributed by atoms with E-state index in [-0.39, 0.29) is 13.4 Å². The van der Waals surface area contributed by atoms with Gasteiger partial charge in [0.2, 0.25) is 0 Å². The molecule has 0 radical (unpaired) electrons. The largest absolute Gasteiger partial charge is 0.311 e. The van der Waals surface area contributed by atoms with Gasteiger partial charge in [-0.1, -0.05) is 249 Å². The number of fused-ring (bicyclic) bond motifs is 8. The van der Waals surface area contributed by atoms with Gasteiger partial charge in [0.15, 0.2) is 0 Å². The van der Waals surface area contributed by atoms with Crippen LogP contribution in [0, 0.1) is 0 Å². The van der Waals surface area contributed by atoms with E-state index in [9.17, 15) is 0 Å². The Labute approximate surface area is 572 Å². The summed E-state index contributed by atoms with van der Waals surface area (Å²) < 4.78 is 0. The van der Waals surface area contributed by atoms with Crippen molar-refractivity contribution in [2.75, 3.05) is 29.4 Å². The van der Waals surface area contributed by atoms with Gasteiger partial charge in [-0.05, 0) is 171 Å². The van der Waals surface area contributed by atoms with Crippen molar-refractivity contribution in [2.24, 2.45) is 0 Å². The Bertz CT molecular complexity index is 5350. The second-order valence-corrected chi connectivity index (χ2v) is 25.5. The van der Waals surface area contributed by atoms with Crippen molar-refractivity contribution >= 4 is 149 Å². The van der Waals surface area contributed by atoms with Gasteiger partial charge in [-0.2, -0.15) is 0 Å². The average molecular weight is 1250 g/mol. The zero-order valence-electron chi connectivity index (χ0n) is 53.6. The molecule has 0 unspecified atom stereocenters. The molecule has 0 bridgehead atoms. The topological polar surface area (TPSA) is 19.4 Å². The lowest BCUT2D eigenvalue weighted by molar-refractivity contribution is 1.21. The maximum atomic E-state index is 2.68. The van der Waals surface area contributed by atoms with Crippen molar-refractivity contribution in [1.29, 1.82) is 0 Å². The Balaban J connectivity index is 0.980. The van der Waals surface area contributed by atoms with Crippen LogP contribution in [0.3, 0.4) is 0 Å². The highest BCUT2D eigenvalue weighted by atomic mass is 15.2. The van der Waals surface area contributed by atoms with Crippen LogP contribution >= 0.6 is 0 Å². The minimum atomic E-state index is -0.230. The van der Waals surface area contributed by atoms with Crippen LogP contribution in [0.1, 0.15) is 0 Å². The first kappa shape index (κ1) is 56.7. The third kappa shape index (κ3) is 9.21. The third-order valence-corrected chi connectivity index (χ3v) is 20.1. The van der Waals surface area contributed by atoms with E-state index in [1.54, 1.807) is 0 Å². The lowest BCUT2D eigenvalue weighted by atomic mass is 9.30. The van der Waals surface area contributed by atoms with Gasteiger partial charge in [-0.3, -0.25) is 0 Å². The maximum Gasteiger partial charge on any atom is 0.252 e. The van der Waals surface area contributed by atoms with E-state index in [2.05, 4.69) is 406 Å². The van der Waals surface area contributed by atoms with Gasteiger partial charge in [0, 0.05) is 96.4 Å². The number of hydrogen-bond acceptors (Lipinski definition) is 6. The van der Waals surface area contributed by atoms with Crippen LogP contribution in [0.2, 0.25) is 0 Å². The molecule has 0 fully saturated rings. The summed E-state index contributed by atoms with van der Waals surface area (Å²) >= 11 is 0. The van der Waals surface area contributed by atoms with E-state index >= 15 is 0 Å². The average Bonchev–Trinajstić information content (AvgIpc) is 0.683. The summed E-state index contributed by atoms with van der Waals surface area (Å²) in [5.41, 5.74) is 31.5. The molecule has 0 amide bonds. The number of nitrogens with zero attached hydrogens (tertiary/aromatic N) is 6. The third-order valence-electron chi connectivity index (χ3n) is 20.1. The Hall–Kier alpha value is -12.8. The minimum Gasteiger partial charge on any atom is -0.311 e. The molecule has 19 rings (SSSR count). The van der Waals surface area contributed by atoms with Crippen LogP contribution < -0.4 is 62.2 Å². The molecule has 6 nitrogen and oxygen atoms in total. The lowest BCUT2D eigenvalue weighted by Gasteiger charge is -2.48. The van der Waals surface area contributed by atoms with Crippen LogP contribution in [-0.2, 0) is 0 Å². The van der Waals surface area contributed by atoms with Gasteiger partial charge in [0.1, 0.15) is 0 Å². The van der Waals surface area contributed by atoms with E-state index in [1.807, 2.05) is 0 Å². The molecule has 4 aliphatic rings. The van der Waals surface area contributed by atoms with Gasteiger partial charge in [-0.25, -0.2) is 0 Å². The predicted molar refractivity (Wildman–Crippen MR) is 415 cm³/mol. The maximum absolute atomic E-state index is 2.68. The van der Waals surface area contributed by atoms with Crippen LogP contribution in [0.5, 0.6) is 0 Å². The number of benzene rings is 15. The highest BCUT2D eigenvalue weighted by Gasteiger charge is 2.49. The second kappa shape index (κ2) is 23.6. The van der Waals surface area contributed by atoms with E-state index < -0.39 is 0 Å². The first-order valence-electron chi connectivity index (χ1n) is 33.8. The van der Waals surface area contributed by atoms with Gasteiger partial charge >= 0.3 is 0 Å². The molecular formula is C90H62B2N6. The van der Waals surface area contributed by atoms with E-state index in [4.69, 9.17) is 0 Å². The highest BCUT2D eigenvalue weighted by molar-refractivity contribution is 7.03. The zero-order chi connectivity index (χ0) is 64.6. The normalized spacial score (nSPS) is 12.8. The Morgan fingerprint density at radius 2 is 0.480 bits per heavy atom. The Kier molecular flexibility index (Phi) is 13.7. The predicted octanol–water partition coefficient (Wildman–Crippen LogP) is 20.1. The molecule has 4 aliphatic heterocycles. The van der Waals surface area contributed by atoms with Crippen molar-refractivity contribution < 1.29 is 0 Å². The molecule has 0 N–H and O–H groups in total. The Morgan fingerprint density at radius 3 is 0.837 bits per heavy atom. The highest BCUT2D eigenvalue weighted by Crippen LogP contribution is 2.55. The fourth-order valence-corrected chi connectivity index (χ4v) is 16.1. The Morgan fingerprint density at radius 1 is 0.194 bits per heavy atom. The van der Waals surface area contributed by atoms with E-state index in [1.165, 1.54) is 32.8 Å². The minimum absolute atomic E-state index is 0.203. The summed E-state index contributed by atoms with van der Waals surface area (Å²) in [6, 6.07) is 139. The lowest BCUT2D eigenvalue weighted by Crippen LogP contribution is -2.65. The smallest absolute Gasteiger partial charge is 0.252 e. The van der Waals surface area contributed by atoms with Crippen LogP contribution in [0.15, 0.2) is 376 Å². The molecule has 0 spiro atoms. The molecule has 15 aromatic rings. The van der Waals surface area contributed by atoms with Crippen molar-refractivity contribution in [3.05, 3.63) is 376 Å². The standard InChI is InChI=1S/C90H62B2N6/c1-10-33-63(34-11-1)74-51-32-52-75(64-35-12-2-13-36-64)90(74)98-83-62-82-78(61-79(83)92-77-54-29-31-56-81(77)96(70-47-24-8-25-48-70)85-58-73(60-87(98)89(85)92)94(67-41-18-5-19-42-67)68-43-20-6-21-44-68)91-76-53-28-30-55-80(76)95(69-45-22-7-23-46-69)84-57-72(59-86(88(84)91)97(82)71-49-26-9-27-50-71)93(65-37-14-3-15-38-65)66-39-16-4-17-40-66/h1-62H. The number of para-hydroxylation sites is 10. The summed E-state index contributed by atoms with van der Waals surface area (Å²) in [6.45, 7) is -0.434. The number of hydrogen-bond donors (Lipinski definition) is 0. The molecule has 0 atom stereocenters. The van der Waals surface area contributed by atoms with Crippen molar-refractivity contribution in [3.8, 4) is 22.3 Å². The van der Waals surface area contributed by atoms with E-state index in [0.29, 0.717) is 0 Å². The first-order chi connectivity index (χ1) is 48.7. The summed E-state index contributed by atoms with van der Waals surface area (Å²) in [4.78, 5) is 15.2. The zero-order valence-corrected chi connectivity index (χ0v) is 53.6. The molecule has 0 saturated carbocycles. The van der Waals surface area contributed by atoms with E-state index in [0.717, 1.165) is 125 Å². The summed E-state index contributed by atoms with van der Waals surface area (Å²) in [7, 11) is 0. The van der Waals surface area contributed by atoms with Crippen molar-refractivity contribution in [2.45, 2.75) is 0 Å². The summed E-state index contributed by atoms with van der Waals surface area (Å²) in [5, 5.41) is 0.